The molecule has 4 aromatic rings. The van der Waals surface area contributed by atoms with E-state index in [9.17, 15) is 5.11 Å². The summed E-state index contributed by atoms with van der Waals surface area (Å²) in [6.45, 7) is 4.25. The summed E-state index contributed by atoms with van der Waals surface area (Å²) in [4.78, 5) is 14.0. The number of phenols is 1. The first-order valence-corrected chi connectivity index (χ1v) is 11.0. The Morgan fingerprint density at radius 3 is 1.81 bits per heavy atom. The van der Waals surface area contributed by atoms with Gasteiger partial charge in [-0.3, -0.25) is 0 Å². The van der Waals surface area contributed by atoms with Crippen molar-refractivity contribution in [3.63, 3.8) is 0 Å². The summed E-state index contributed by atoms with van der Waals surface area (Å²) in [5.41, 5.74) is 2.31. The van der Waals surface area contributed by atoms with E-state index in [0.29, 0.717) is 28.8 Å². The van der Waals surface area contributed by atoms with Crippen molar-refractivity contribution >= 4 is 0 Å². The summed E-state index contributed by atoms with van der Waals surface area (Å²) in [5, 5.41) is 10.8. The second kappa shape index (κ2) is 10.1. The Hall–Kier alpha value is -3.73. The van der Waals surface area contributed by atoms with E-state index in [4.69, 9.17) is 4.74 Å². The van der Waals surface area contributed by atoms with Crippen LogP contribution in [-0.2, 0) is 0 Å². The van der Waals surface area contributed by atoms with E-state index < -0.39 is 0 Å². The van der Waals surface area contributed by atoms with Crippen molar-refractivity contribution in [3.8, 4) is 45.7 Å². The molecule has 1 heterocycles. The molecule has 0 aliphatic heterocycles. The Bertz CT molecular complexity index is 1110. The molecule has 0 saturated heterocycles. The molecule has 0 radical (unpaired) electrons. The van der Waals surface area contributed by atoms with Crippen LogP contribution in [0.1, 0.15) is 33.1 Å². The second-order valence-corrected chi connectivity index (χ2v) is 7.65. The van der Waals surface area contributed by atoms with E-state index in [1.807, 2.05) is 72.8 Å². The fraction of sp³-hybridized carbons (Fsp3) is 0.222. The molecule has 5 nitrogen and oxygen atoms in total. The molecule has 3 aromatic carbocycles. The molecule has 1 aromatic heterocycles. The third-order valence-corrected chi connectivity index (χ3v) is 5.28. The maximum Gasteiger partial charge on any atom is 0.167 e. The molecule has 1 unspecified atom stereocenters. The Morgan fingerprint density at radius 2 is 1.31 bits per heavy atom. The van der Waals surface area contributed by atoms with Gasteiger partial charge < -0.3 is 9.84 Å². The summed E-state index contributed by atoms with van der Waals surface area (Å²) in [5.74, 6) is 2.26. The lowest BCUT2D eigenvalue weighted by atomic mass is 10.1. The van der Waals surface area contributed by atoms with Crippen LogP contribution in [0, 0.1) is 0 Å². The molecule has 1 atom stereocenters. The fourth-order valence-corrected chi connectivity index (χ4v) is 3.56. The topological polar surface area (TPSA) is 68.1 Å². The summed E-state index contributed by atoms with van der Waals surface area (Å²) >= 11 is 0. The molecule has 0 saturated carbocycles. The molecule has 5 heteroatoms. The zero-order valence-corrected chi connectivity index (χ0v) is 18.4. The van der Waals surface area contributed by atoms with Crippen LogP contribution in [0.4, 0.5) is 0 Å². The number of ether oxygens (including phenoxy) is 1. The molecule has 0 amide bonds. The minimum atomic E-state index is 0.0816. The van der Waals surface area contributed by atoms with Gasteiger partial charge in [-0.25, -0.2) is 15.0 Å². The quantitative estimate of drug-likeness (QED) is 0.347. The van der Waals surface area contributed by atoms with Crippen molar-refractivity contribution in [2.45, 2.75) is 39.2 Å². The Kier molecular flexibility index (Phi) is 6.75. The zero-order valence-electron chi connectivity index (χ0n) is 18.4. The summed E-state index contributed by atoms with van der Waals surface area (Å²) < 4.78 is 6.05. The number of benzene rings is 3. The number of phenolic OH excluding ortho intramolecular Hbond substituents is 1. The molecule has 0 aliphatic rings. The maximum atomic E-state index is 10.8. The third kappa shape index (κ3) is 4.94. The van der Waals surface area contributed by atoms with E-state index in [-0.39, 0.29) is 11.9 Å². The smallest absolute Gasteiger partial charge is 0.167 e. The normalized spacial score (nSPS) is 11.8. The summed E-state index contributed by atoms with van der Waals surface area (Å²) in [6, 6.07) is 24.9. The van der Waals surface area contributed by atoms with Crippen molar-refractivity contribution in [2.75, 3.05) is 0 Å². The van der Waals surface area contributed by atoms with Crippen molar-refractivity contribution < 1.29 is 9.84 Å². The first kappa shape index (κ1) is 21.5. The van der Waals surface area contributed by atoms with Crippen molar-refractivity contribution in [3.05, 3.63) is 78.9 Å². The first-order valence-electron chi connectivity index (χ1n) is 11.0. The van der Waals surface area contributed by atoms with Gasteiger partial charge in [0.1, 0.15) is 11.5 Å². The lowest BCUT2D eigenvalue weighted by molar-refractivity contribution is 0.185. The highest BCUT2D eigenvalue weighted by Gasteiger charge is 2.16. The van der Waals surface area contributed by atoms with Crippen LogP contribution in [0.15, 0.2) is 78.9 Å². The number of hydrogen-bond acceptors (Lipinski definition) is 5. The minimum absolute atomic E-state index is 0.0816. The molecule has 32 heavy (non-hydrogen) atoms. The Labute approximate surface area is 188 Å². The maximum absolute atomic E-state index is 10.8. The molecule has 0 bridgehead atoms. The van der Waals surface area contributed by atoms with Gasteiger partial charge in [-0.15, -0.1) is 0 Å². The lowest BCUT2D eigenvalue weighted by Crippen LogP contribution is -2.14. The predicted octanol–water partition coefficient (Wildman–Crippen LogP) is 6.54. The predicted molar refractivity (Wildman–Crippen MR) is 127 cm³/mol. The van der Waals surface area contributed by atoms with Gasteiger partial charge in [-0.05, 0) is 25.0 Å². The number of nitrogens with zero attached hydrogens (tertiary/aromatic N) is 3. The monoisotopic (exact) mass is 425 g/mol. The minimum Gasteiger partial charge on any atom is -0.507 e. The van der Waals surface area contributed by atoms with Crippen LogP contribution in [0.3, 0.4) is 0 Å². The van der Waals surface area contributed by atoms with Crippen LogP contribution >= 0.6 is 0 Å². The highest BCUT2D eigenvalue weighted by molar-refractivity contribution is 5.70. The van der Waals surface area contributed by atoms with E-state index in [1.165, 1.54) is 0 Å². The SMILES string of the molecule is CCCC(CC)Oc1ccc(-c2nc(-c3ccccc3)nc(-c3ccccc3)n2)c(O)c1. The second-order valence-electron chi connectivity index (χ2n) is 7.65. The van der Waals surface area contributed by atoms with Gasteiger partial charge in [0.25, 0.3) is 0 Å². The molecular weight excluding hydrogens is 398 g/mol. The van der Waals surface area contributed by atoms with Crippen LogP contribution < -0.4 is 4.74 Å². The molecule has 4 rings (SSSR count). The van der Waals surface area contributed by atoms with Gasteiger partial charge in [-0.1, -0.05) is 80.9 Å². The average molecular weight is 426 g/mol. The summed E-state index contributed by atoms with van der Waals surface area (Å²) in [6.07, 6.45) is 3.09. The van der Waals surface area contributed by atoms with Crippen LogP contribution in [0.2, 0.25) is 0 Å². The number of hydrogen-bond donors (Lipinski definition) is 1. The van der Waals surface area contributed by atoms with E-state index >= 15 is 0 Å². The van der Waals surface area contributed by atoms with E-state index in [1.54, 1.807) is 6.07 Å². The number of aromatic hydroxyl groups is 1. The average Bonchev–Trinajstić information content (AvgIpc) is 2.84. The van der Waals surface area contributed by atoms with Crippen molar-refractivity contribution in [1.29, 1.82) is 0 Å². The van der Waals surface area contributed by atoms with Gasteiger partial charge >= 0.3 is 0 Å². The van der Waals surface area contributed by atoms with Gasteiger partial charge in [0, 0.05) is 17.2 Å². The van der Waals surface area contributed by atoms with E-state index in [0.717, 1.165) is 30.4 Å². The molecule has 0 fully saturated rings. The van der Waals surface area contributed by atoms with Crippen LogP contribution in [0.5, 0.6) is 11.5 Å². The first-order chi connectivity index (χ1) is 15.7. The third-order valence-electron chi connectivity index (χ3n) is 5.28. The molecular formula is C27H27N3O2. The van der Waals surface area contributed by atoms with Gasteiger partial charge in [0.05, 0.1) is 11.7 Å². The highest BCUT2D eigenvalue weighted by Crippen LogP contribution is 2.33. The Morgan fingerprint density at radius 1 is 0.750 bits per heavy atom. The highest BCUT2D eigenvalue weighted by atomic mass is 16.5. The van der Waals surface area contributed by atoms with Gasteiger partial charge in [0.2, 0.25) is 0 Å². The molecule has 0 aliphatic carbocycles. The molecule has 1 N–H and O–H groups in total. The van der Waals surface area contributed by atoms with Gasteiger partial charge in [-0.2, -0.15) is 0 Å². The molecule has 0 spiro atoms. The summed E-state index contributed by atoms with van der Waals surface area (Å²) in [7, 11) is 0. The van der Waals surface area contributed by atoms with Crippen molar-refractivity contribution in [2.24, 2.45) is 0 Å². The van der Waals surface area contributed by atoms with Crippen LogP contribution in [0.25, 0.3) is 34.2 Å². The van der Waals surface area contributed by atoms with E-state index in [2.05, 4.69) is 28.8 Å². The largest absolute Gasteiger partial charge is 0.507 e. The molecule has 162 valence electrons. The standard InChI is InChI=1S/C27H27N3O2/c1-3-11-21(4-2)32-22-16-17-23(24(31)18-22)27-29-25(19-12-7-5-8-13-19)28-26(30-27)20-14-9-6-10-15-20/h5-10,12-18,21,31H,3-4,11H2,1-2H3. The zero-order chi connectivity index (χ0) is 22.3. The van der Waals surface area contributed by atoms with Crippen molar-refractivity contribution in [1.82, 2.24) is 15.0 Å². The Balaban J connectivity index is 1.76. The van der Waals surface area contributed by atoms with Gasteiger partial charge in [0.15, 0.2) is 17.5 Å². The fourth-order valence-electron chi connectivity index (χ4n) is 3.56. The number of aromatic nitrogens is 3. The lowest BCUT2D eigenvalue weighted by Gasteiger charge is -2.17. The number of rotatable bonds is 8. The van der Waals surface area contributed by atoms with Crippen LogP contribution in [-0.4, -0.2) is 26.2 Å².